The Morgan fingerprint density at radius 1 is 1.19 bits per heavy atom. The molecule has 2 fully saturated rings. The summed E-state index contributed by atoms with van der Waals surface area (Å²) in [7, 11) is 2.21. The highest BCUT2D eigenvalue weighted by Gasteiger charge is 2.40. The van der Waals surface area contributed by atoms with Crippen molar-refractivity contribution in [2.24, 2.45) is 5.92 Å². The first-order valence-electron chi connectivity index (χ1n) is 7.83. The number of nitrogens with zero attached hydrogens (tertiary/aromatic N) is 2. The van der Waals surface area contributed by atoms with Gasteiger partial charge in [0.15, 0.2) is 5.78 Å². The zero-order valence-corrected chi connectivity index (χ0v) is 12.3. The highest BCUT2D eigenvalue weighted by molar-refractivity contribution is 6.00. The number of ketones is 1. The largest absolute Gasteiger partial charge is 0.300 e. The van der Waals surface area contributed by atoms with E-state index >= 15 is 0 Å². The lowest BCUT2D eigenvalue weighted by Crippen LogP contribution is -2.42. The van der Waals surface area contributed by atoms with Crippen molar-refractivity contribution in [3.8, 4) is 0 Å². The molecule has 2 saturated heterocycles. The molecule has 2 bridgehead atoms. The van der Waals surface area contributed by atoms with Gasteiger partial charge < -0.3 is 4.90 Å². The van der Waals surface area contributed by atoms with Crippen LogP contribution in [0.3, 0.4) is 0 Å². The molecule has 0 radical (unpaired) electrons. The second-order valence-corrected chi connectivity index (χ2v) is 6.49. The number of fused-ring (bicyclic) bond motifs is 3. The van der Waals surface area contributed by atoms with Crippen molar-refractivity contribution < 1.29 is 4.79 Å². The first kappa shape index (κ1) is 13.0. The Bertz CT molecular complexity index is 682. The van der Waals surface area contributed by atoms with Gasteiger partial charge >= 0.3 is 0 Å². The first-order valence-corrected chi connectivity index (χ1v) is 7.83. The smallest absolute Gasteiger partial charge is 0.166 e. The van der Waals surface area contributed by atoms with Crippen LogP contribution in [0.1, 0.15) is 36.0 Å². The summed E-state index contributed by atoms with van der Waals surface area (Å²) in [6.45, 7) is 0. The summed E-state index contributed by atoms with van der Waals surface area (Å²) < 4.78 is 0. The lowest BCUT2D eigenvalue weighted by atomic mass is 9.85. The summed E-state index contributed by atoms with van der Waals surface area (Å²) in [6.07, 6.45) is 6.33. The third kappa shape index (κ3) is 2.16. The number of Topliss-reactive ketones (excluding diaryl/α,β-unsaturated/α-hetero) is 1. The molecule has 108 valence electrons. The number of aromatic nitrogens is 1. The van der Waals surface area contributed by atoms with Gasteiger partial charge in [-0.3, -0.25) is 9.78 Å². The molecule has 0 saturated carbocycles. The van der Waals surface area contributed by atoms with Crippen molar-refractivity contribution in [2.45, 2.75) is 37.8 Å². The van der Waals surface area contributed by atoms with Gasteiger partial charge in [0.25, 0.3) is 0 Å². The highest BCUT2D eigenvalue weighted by Crippen LogP contribution is 2.38. The fraction of sp³-hybridized carbons (Fsp3) is 0.444. The average molecular weight is 280 g/mol. The van der Waals surface area contributed by atoms with Crippen LogP contribution in [0.5, 0.6) is 0 Å². The fourth-order valence-corrected chi connectivity index (χ4v) is 4.08. The van der Waals surface area contributed by atoms with Crippen LogP contribution in [0, 0.1) is 5.92 Å². The lowest BCUT2D eigenvalue weighted by Gasteiger charge is -2.35. The second kappa shape index (κ2) is 4.92. The minimum absolute atomic E-state index is 0.194. The Morgan fingerprint density at radius 2 is 1.95 bits per heavy atom. The summed E-state index contributed by atoms with van der Waals surface area (Å²) in [5.41, 5.74) is 1.74. The van der Waals surface area contributed by atoms with E-state index in [1.807, 2.05) is 30.3 Å². The van der Waals surface area contributed by atoms with E-state index in [0.29, 0.717) is 17.9 Å². The lowest BCUT2D eigenvalue weighted by molar-refractivity contribution is 0.0767. The van der Waals surface area contributed by atoms with Gasteiger partial charge in [-0.2, -0.15) is 0 Å². The van der Waals surface area contributed by atoms with E-state index in [2.05, 4.69) is 16.9 Å². The molecule has 3 heteroatoms. The summed E-state index contributed by atoms with van der Waals surface area (Å²) in [5, 5.41) is 1.09. The molecule has 1 aromatic heterocycles. The minimum Gasteiger partial charge on any atom is -0.300 e. The van der Waals surface area contributed by atoms with Gasteiger partial charge in [-0.1, -0.05) is 18.2 Å². The Labute approximate surface area is 125 Å². The van der Waals surface area contributed by atoms with E-state index in [4.69, 9.17) is 0 Å². The number of carbonyl (C=O) groups excluding carboxylic acids is 1. The van der Waals surface area contributed by atoms with Crippen molar-refractivity contribution in [3.63, 3.8) is 0 Å². The number of carbonyl (C=O) groups is 1. The van der Waals surface area contributed by atoms with Crippen LogP contribution in [0.2, 0.25) is 0 Å². The Balaban J connectivity index is 1.61. The number of pyridine rings is 1. The van der Waals surface area contributed by atoms with Gasteiger partial charge in [0.1, 0.15) is 0 Å². The summed E-state index contributed by atoms with van der Waals surface area (Å²) in [6, 6.07) is 11.1. The Hall–Kier alpha value is -1.74. The molecule has 0 spiro atoms. The molecule has 2 aromatic rings. The number of rotatable bonds is 2. The normalized spacial score (nSPS) is 28.9. The molecule has 3 nitrogen and oxygen atoms in total. The van der Waals surface area contributed by atoms with Crippen molar-refractivity contribution in [2.75, 3.05) is 7.05 Å². The molecular weight excluding hydrogens is 260 g/mol. The molecular formula is C18H20N2O. The van der Waals surface area contributed by atoms with Crippen molar-refractivity contribution in [1.82, 2.24) is 9.88 Å². The molecule has 2 atom stereocenters. The van der Waals surface area contributed by atoms with Gasteiger partial charge in [-0.05, 0) is 44.9 Å². The van der Waals surface area contributed by atoms with Crippen LogP contribution in [0.15, 0.2) is 36.5 Å². The quantitative estimate of drug-likeness (QED) is 0.791. The number of hydrogen-bond acceptors (Lipinski definition) is 3. The van der Waals surface area contributed by atoms with Crippen LogP contribution >= 0.6 is 0 Å². The van der Waals surface area contributed by atoms with E-state index in [9.17, 15) is 4.79 Å². The third-order valence-electron chi connectivity index (χ3n) is 5.36. The maximum atomic E-state index is 12.8. The maximum Gasteiger partial charge on any atom is 0.166 e. The molecule has 3 heterocycles. The van der Waals surface area contributed by atoms with Crippen LogP contribution in [0.25, 0.3) is 10.9 Å². The van der Waals surface area contributed by atoms with Crippen LogP contribution in [-0.4, -0.2) is 34.8 Å². The van der Waals surface area contributed by atoms with Crippen molar-refractivity contribution in [1.29, 1.82) is 0 Å². The zero-order chi connectivity index (χ0) is 14.4. The van der Waals surface area contributed by atoms with Crippen LogP contribution in [-0.2, 0) is 0 Å². The number of piperidine rings is 1. The van der Waals surface area contributed by atoms with Gasteiger partial charge in [0.2, 0.25) is 0 Å². The molecule has 4 rings (SSSR count). The molecule has 0 amide bonds. The second-order valence-electron chi connectivity index (χ2n) is 6.49. The molecule has 0 aliphatic carbocycles. The fourth-order valence-electron chi connectivity index (χ4n) is 4.08. The summed E-state index contributed by atoms with van der Waals surface area (Å²) in [4.78, 5) is 19.7. The highest BCUT2D eigenvalue weighted by atomic mass is 16.1. The topological polar surface area (TPSA) is 33.2 Å². The van der Waals surface area contributed by atoms with E-state index < -0.39 is 0 Å². The van der Waals surface area contributed by atoms with Crippen LogP contribution in [0.4, 0.5) is 0 Å². The van der Waals surface area contributed by atoms with Crippen molar-refractivity contribution >= 4 is 16.7 Å². The predicted octanol–water partition coefficient (Wildman–Crippen LogP) is 3.29. The monoisotopic (exact) mass is 280 g/mol. The summed E-state index contributed by atoms with van der Waals surface area (Å²) in [5.74, 6) is 0.507. The van der Waals surface area contributed by atoms with E-state index in [-0.39, 0.29) is 5.92 Å². The van der Waals surface area contributed by atoms with E-state index in [0.717, 1.165) is 29.3 Å². The molecule has 1 aromatic carbocycles. The Kier molecular flexibility index (Phi) is 3.03. The number of hydrogen-bond donors (Lipinski definition) is 0. The predicted molar refractivity (Wildman–Crippen MR) is 83.4 cm³/mol. The van der Waals surface area contributed by atoms with E-state index in [1.165, 1.54) is 12.8 Å². The maximum absolute atomic E-state index is 12.8. The van der Waals surface area contributed by atoms with E-state index in [1.54, 1.807) is 6.20 Å². The van der Waals surface area contributed by atoms with Gasteiger partial charge in [-0.25, -0.2) is 0 Å². The zero-order valence-electron chi connectivity index (χ0n) is 12.3. The molecule has 0 N–H and O–H groups in total. The summed E-state index contributed by atoms with van der Waals surface area (Å²) >= 11 is 0. The SMILES string of the molecule is CN1C2CCC1CC(C(=O)c1ccc3cccnc3c1)C2. The van der Waals surface area contributed by atoms with Gasteiger partial charge in [0.05, 0.1) is 5.52 Å². The van der Waals surface area contributed by atoms with Crippen LogP contribution < -0.4 is 0 Å². The molecule has 2 aliphatic rings. The minimum atomic E-state index is 0.194. The average Bonchev–Trinajstić information content (AvgIpc) is 2.75. The third-order valence-corrected chi connectivity index (χ3v) is 5.36. The Morgan fingerprint density at radius 3 is 2.71 bits per heavy atom. The van der Waals surface area contributed by atoms with Gasteiger partial charge in [0, 0.05) is 35.1 Å². The first-order chi connectivity index (χ1) is 10.2. The molecule has 2 unspecified atom stereocenters. The van der Waals surface area contributed by atoms with Crippen molar-refractivity contribution in [3.05, 3.63) is 42.1 Å². The standard InChI is InChI=1S/C18H20N2O/c1-20-15-6-7-16(20)10-14(9-15)18(21)13-5-4-12-3-2-8-19-17(12)11-13/h2-5,8,11,14-16H,6-7,9-10H2,1H3. The molecule has 21 heavy (non-hydrogen) atoms. The number of benzene rings is 1. The van der Waals surface area contributed by atoms with Gasteiger partial charge in [-0.15, -0.1) is 0 Å². The molecule has 2 aliphatic heterocycles.